The minimum Gasteiger partial charge on any atom is -0.508 e. The normalized spacial score (nSPS) is 11.8. The third-order valence-electron chi connectivity index (χ3n) is 4.98. The van der Waals surface area contributed by atoms with Gasteiger partial charge < -0.3 is 9.84 Å². The summed E-state index contributed by atoms with van der Waals surface area (Å²) in [5.41, 5.74) is 1.07. The zero-order valence-corrected chi connectivity index (χ0v) is 18.9. The second kappa shape index (κ2) is 11.9. The third kappa shape index (κ3) is 6.61. The Morgan fingerprint density at radius 3 is 2.18 bits per heavy atom. The Hall–Kier alpha value is -3.80. The van der Waals surface area contributed by atoms with Crippen LogP contribution in [-0.2, 0) is 11.2 Å². The molecule has 0 atom stereocenters. The predicted octanol–water partition coefficient (Wildman–Crippen LogP) is 8.20. The average Bonchev–Trinajstić information content (AvgIpc) is 2.82. The maximum absolute atomic E-state index is 14.6. The highest BCUT2D eigenvalue weighted by molar-refractivity contribution is 5.65. The first-order valence-corrected chi connectivity index (χ1v) is 10.4. The van der Waals surface area contributed by atoms with E-state index in [9.17, 15) is 22.7 Å². The fourth-order valence-corrected chi connectivity index (χ4v) is 2.98. The van der Waals surface area contributed by atoms with E-state index < -0.39 is 29.0 Å². The van der Waals surface area contributed by atoms with Gasteiger partial charge in [-0.1, -0.05) is 68.3 Å². The lowest BCUT2D eigenvalue weighted by atomic mass is 9.98. The lowest BCUT2D eigenvalue weighted by molar-refractivity contribution is 0.224. The first-order valence-electron chi connectivity index (χ1n) is 10.4. The fraction of sp³-hybridized carbons (Fsp3) is 0.143. The molecule has 0 spiro atoms. The van der Waals surface area contributed by atoms with Crippen LogP contribution in [0.3, 0.4) is 0 Å². The van der Waals surface area contributed by atoms with Gasteiger partial charge in [-0.05, 0) is 48.6 Å². The summed E-state index contributed by atoms with van der Waals surface area (Å²) >= 11 is 0. The van der Waals surface area contributed by atoms with Crippen LogP contribution in [0, 0.1) is 11.6 Å². The molecule has 0 aliphatic carbocycles. The van der Waals surface area contributed by atoms with E-state index >= 15 is 0 Å². The second-order valence-electron chi connectivity index (χ2n) is 7.43. The molecule has 2 aromatic rings. The monoisotopic (exact) mass is 470 g/mol. The smallest absolute Gasteiger partial charge is 0.200 e. The van der Waals surface area contributed by atoms with Crippen LogP contribution in [0.5, 0.6) is 5.75 Å². The van der Waals surface area contributed by atoms with Gasteiger partial charge in [0.25, 0.3) is 0 Å². The summed E-state index contributed by atoms with van der Waals surface area (Å²) in [6.07, 6.45) is 3.40. The quantitative estimate of drug-likeness (QED) is 0.204. The van der Waals surface area contributed by atoms with E-state index in [1.165, 1.54) is 48.6 Å². The van der Waals surface area contributed by atoms with Crippen LogP contribution in [0.25, 0.3) is 11.1 Å². The van der Waals surface area contributed by atoms with Gasteiger partial charge in [0.15, 0.2) is 23.2 Å². The highest BCUT2D eigenvalue weighted by Crippen LogP contribution is 2.29. The number of halogens is 4. The molecule has 0 saturated carbocycles. The number of aromatic hydroxyl groups is 1. The molecule has 0 aliphatic rings. The zero-order valence-electron chi connectivity index (χ0n) is 18.9. The van der Waals surface area contributed by atoms with Crippen molar-refractivity contribution >= 4 is 0 Å². The van der Waals surface area contributed by atoms with Gasteiger partial charge in [-0.25, -0.2) is 13.2 Å². The molecule has 2 aromatic carbocycles. The Balaban J connectivity index is 2.03. The molecule has 34 heavy (non-hydrogen) atoms. The van der Waals surface area contributed by atoms with Crippen LogP contribution in [0.4, 0.5) is 17.6 Å². The molecule has 6 heteroatoms. The van der Waals surface area contributed by atoms with Crippen LogP contribution in [0.1, 0.15) is 18.9 Å². The van der Waals surface area contributed by atoms with E-state index in [0.717, 1.165) is 0 Å². The van der Waals surface area contributed by atoms with Crippen molar-refractivity contribution in [2.45, 2.75) is 19.8 Å². The van der Waals surface area contributed by atoms with Gasteiger partial charge in [0, 0.05) is 11.1 Å². The number of hydrogen-bond acceptors (Lipinski definition) is 2. The number of phenols is 1. The van der Waals surface area contributed by atoms with Gasteiger partial charge in [-0.3, -0.25) is 0 Å². The lowest BCUT2D eigenvalue weighted by Gasteiger charge is -2.10. The SMILES string of the molecule is C=C(/C=C\C(=C)C(=C)/C(F)=C(/F)C(=C)OCC)CCc1ccc(-c2ccc(O)cc2)c(F)c1F. The van der Waals surface area contributed by atoms with Gasteiger partial charge >= 0.3 is 0 Å². The van der Waals surface area contributed by atoms with Crippen LogP contribution in [-0.4, -0.2) is 11.7 Å². The molecule has 0 heterocycles. The Labute approximate surface area is 197 Å². The number of phenolic OH excluding ortho intramolecular Hbond substituents is 1. The van der Waals surface area contributed by atoms with E-state index in [4.69, 9.17) is 4.74 Å². The van der Waals surface area contributed by atoms with E-state index in [0.29, 0.717) is 17.6 Å². The van der Waals surface area contributed by atoms with Crippen molar-refractivity contribution in [3.63, 3.8) is 0 Å². The fourth-order valence-electron chi connectivity index (χ4n) is 2.98. The number of benzene rings is 2. The number of ether oxygens (including phenoxy) is 1. The maximum atomic E-state index is 14.6. The Kier molecular flexibility index (Phi) is 9.25. The predicted molar refractivity (Wildman–Crippen MR) is 128 cm³/mol. The Morgan fingerprint density at radius 1 is 0.912 bits per heavy atom. The number of rotatable bonds is 11. The van der Waals surface area contributed by atoms with E-state index in [1.807, 2.05) is 0 Å². The Morgan fingerprint density at radius 2 is 1.56 bits per heavy atom. The maximum Gasteiger partial charge on any atom is 0.200 e. The summed E-state index contributed by atoms with van der Waals surface area (Å²) in [6.45, 7) is 16.1. The van der Waals surface area contributed by atoms with Gasteiger partial charge in [-0.15, -0.1) is 0 Å². The third-order valence-corrected chi connectivity index (χ3v) is 4.98. The number of allylic oxidation sites excluding steroid dienone is 7. The highest BCUT2D eigenvalue weighted by atomic mass is 19.2. The molecule has 1 N–H and O–H groups in total. The first kappa shape index (κ1) is 26.5. The molecule has 0 saturated heterocycles. The molecular weight excluding hydrogens is 444 g/mol. The van der Waals surface area contributed by atoms with Crippen molar-refractivity contribution in [2.75, 3.05) is 6.61 Å². The molecule has 2 rings (SSSR count). The summed E-state index contributed by atoms with van der Waals surface area (Å²) in [4.78, 5) is 0. The van der Waals surface area contributed by atoms with E-state index in [-0.39, 0.29) is 41.1 Å². The number of aryl methyl sites for hydroxylation is 1. The summed E-state index contributed by atoms with van der Waals surface area (Å²) < 4.78 is 62.2. The minimum atomic E-state index is -1.26. The number of hydrogen-bond donors (Lipinski definition) is 1. The van der Waals surface area contributed by atoms with Gasteiger partial charge in [0.1, 0.15) is 5.75 Å². The zero-order chi connectivity index (χ0) is 25.4. The molecule has 178 valence electrons. The van der Waals surface area contributed by atoms with Crippen molar-refractivity contribution in [1.29, 1.82) is 0 Å². The van der Waals surface area contributed by atoms with Gasteiger partial charge in [-0.2, -0.15) is 4.39 Å². The first-order chi connectivity index (χ1) is 16.1. The van der Waals surface area contributed by atoms with Crippen LogP contribution in [0.15, 0.2) is 109 Å². The van der Waals surface area contributed by atoms with E-state index in [1.54, 1.807) is 6.92 Å². The lowest BCUT2D eigenvalue weighted by Crippen LogP contribution is -1.98. The van der Waals surface area contributed by atoms with Crippen molar-refractivity contribution in [1.82, 2.24) is 0 Å². The van der Waals surface area contributed by atoms with Crippen molar-refractivity contribution < 1.29 is 27.4 Å². The molecule has 0 unspecified atom stereocenters. The van der Waals surface area contributed by atoms with Crippen LogP contribution in [0.2, 0.25) is 0 Å². The topological polar surface area (TPSA) is 29.5 Å². The molecule has 0 fully saturated rings. The largest absolute Gasteiger partial charge is 0.508 e. The van der Waals surface area contributed by atoms with Crippen LogP contribution < -0.4 is 0 Å². The van der Waals surface area contributed by atoms with E-state index in [2.05, 4.69) is 26.3 Å². The second-order valence-corrected chi connectivity index (χ2v) is 7.43. The van der Waals surface area contributed by atoms with Crippen molar-refractivity contribution in [2.24, 2.45) is 0 Å². The molecular formula is C28H26F4O2. The highest BCUT2D eigenvalue weighted by Gasteiger charge is 2.16. The molecule has 0 aromatic heterocycles. The van der Waals surface area contributed by atoms with Crippen molar-refractivity contribution in [3.8, 4) is 16.9 Å². The molecule has 0 amide bonds. The summed E-state index contributed by atoms with van der Waals surface area (Å²) in [6, 6.07) is 8.75. The average molecular weight is 471 g/mol. The van der Waals surface area contributed by atoms with Crippen molar-refractivity contribution in [3.05, 3.63) is 126 Å². The molecule has 0 bridgehead atoms. The minimum absolute atomic E-state index is 0.0268. The molecule has 0 radical (unpaired) electrons. The standard InChI is InChI=1S/C28H26F4O2/c1-6-34-20(5)26(30)25(29)19(4)18(3)9-7-17(2)8-10-22-13-16-24(28(32)27(22)31)21-11-14-23(33)15-12-21/h7,9,11-16,33H,2-6,8,10H2,1H3/b9-7-,26-25-. The molecule has 0 aliphatic heterocycles. The van der Waals surface area contributed by atoms with Gasteiger partial charge in [0.05, 0.1) is 6.61 Å². The Bertz CT molecular complexity index is 1170. The van der Waals surface area contributed by atoms with Gasteiger partial charge in [0.2, 0.25) is 5.83 Å². The molecule has 2 nitrogen and oxygen atoms in total. The summed E-state index contributed by atoms with van der Waals surface area (Å²) in [5, 5.41) is 9.36. The summed E-state index contributed by atoms with van der Waals surface area (Å²) in [7, 11) is 0. The van der Waals surface area contributed by atoms with Crippen LogP contribution >= 0.6 is 0 Å². The summed E-state index contributed by atoms with van der Waals surface area (Å²) in [5.74, 6) is -4.84.